The molecule has 1 saturated heterocycles. The van der Waals surface area contributed by atoms with Gasteiger partial charge in [0.05, 0.1) is 5.56 Å². The minimum absolute atomic E-state index is 0.370. The first kappa shape index (κ1) is 14.3. The Morgan fingerprint density at radius 2 is 1.85 bits per heavy atom. The number of hydroxylamine groups is 2. The molecular formula is C12H10F3NO4. The first-order valence-corrected chi connectivity index (χ1v) is 5.72. The van der Waals surface area contributed by atoms with Gasteiger partial charge in [0.15, 0.2) is 0 Å². The molecule has 0 unspecified atom stereocenters. The third-order valence-electron chi connectivity index (χ3n) is 2.57. The molecule has 0 N–H and O–H groups in total. The Hall–Kier alpha value is -2.09. The summed E-state index contributed by atoms with van der Waals surface area (Å²) in [6, 6.07) is 3.68. The molecule has 0 radical (unpaired) electrons. The van der Waals surface area contributed by atoms with Crippen LogP contribution in [0.5, 0.6) is 5.75 Å². The highest BCUT2D eigenvalue weighted by atomic mass is 19.4. The molecule has 1 aliphatic heterocycles. The van der Waals surface area contributed by atoms with Crippen molar-refractivity contribution < 1.29 is 32.3 Å². The Bertz CT molecular complexity index is 526. The van der Waals surface area contributed by atoms with Crippen molar-refractivity contribution in [3.8, 4) is 5.75 Å². The lowest BCUT2D eigenvalue weighted by molar-refractivity contribution is -0.211. The molecule has 0 saturated carbocycles. The Labute approximate surface area is 111 Å². The van der Waals surface area contributed by atoms with Gasteiger partial charge in [-0.15, -0.1) is 5.06 Å². The standard InChI is InChI=1S/C12H10F3NO4/c13-12(14,15)8-3-1-4-9(7-8)19-10(17)11(18)20-16-5-2-6-16/h1,3-4,7H,2,5-6H2. The van der Waals surface area contributed by atoms with E-state index in [9.17, 15) is 22.8 Å². The molecule has 0 atom stereocenters. The molecule has 0 aliphatic carbocycles. The van der Waals surface area contributed by atoms with Crippen LogP contribution in [0.4, 0.5) is 13.2 Å². The number of hydrogen-bond acceptors (Lipinski definition) is 5. The highest BCUT2D eigenvalue weighted by molar-refractivity contribution is 6.30. The fourth-order valence-corrected chi connectivity index (χ4v) is 1.42. The van der Waals surface area contributed by atoms with Crippen LogP contribution in [0.25, 0.3) is 0 Å². The van der Waals surface area contributed by atoms with Crippen LogP contribution in [0.2, 0.25) is 0 Å². The van der Waals surface area contributed by atoms with Crippen LogP contribution in [0.1, 0.15) is 12.0 Å². The van der Waals surface area contributed by atoms with Crippen LogP contribution in [0.3, 0.4) is 0 Å². The van der Waals surface area contributed by atoms with Gasteiger partial charge in [-0.05, 0) is 24.6 Å². The lowest BCUT2D eigenvalue weighted by atomic mass is 10.2. The van der Waals surface area contributed by atoms with Gasteiger partial charge >= 0.3 is 18.1 Å². The number of alkyl halides is 3. The largest absolute Gasteiger partial charge is 0.436 e. The molecule has 1 heterocycles. The lowest BCUT2D eigenvalue weighted by Crippen LogP contribution is -2.41. The quantitative estimate of drug-likeness (QED) is 0.472. The molecule has 108 valence electrons. The number of halogens is 3. The monoisotopic (exact) mass is 289 g/mol. The van der Waals surface area contributed by atoms with Crippen molar-refractivity contribution in [3.63, 3.8) is 0 Å². The van der Waals surface area contributed by atoms with Crippen molar-refractivity contribution >= 4 is 11.9 Å². The SMILES string of the molecule is O=C(Oc1cccc(C(F)(F)F)c1)C(=O)ON1CCC1. The van der Waals surface area contributed by atoms with Crippen molar-refractivity contribution in [2.75, 3.05) is 13.1 Å². The zero-order chi connectivity index (χ0) is 14.8. The van der Waals surface area contributed by atoms with Crippen LogP contribution in [-0.2, 0) is 20.6 Å². The molecule has 20 heavy (non-hydrogen) atoms. The number of benzene rings is 1. The fraction of sp³-hybridized carbons (Fsp3) is 0.333. The smallest absolute Gasteiger partial charge is 0.418 e. The Morgan fingerprint density at radius 3 is 2.40 bits per heavy atom. The number of hydrogen-bond donors (Lipinski definition) is 0. The molecule has 1 aromatic rings. The lowest BCUT2D eigenvalue weighted by Gasteiger charge is -2.27. The minimum Gasteiger partial charge on any atom is -0.418 e. The van der Waals surface area contributed by atoms with E-state index in [1.165, 1.54) is 5.06 Å². The van der Waals surface area contributed by atoms with Gasteiger partial charge in [-0.25, -0.2) is 9.59 Å². The summed E-state index contributed by atoms with van der Waals surface area (Å²) < 4.78 is 41.9. The molecule has 0 spiro atoms. The summed E-state index contributed by atoms with van der Waals surface area (Å²) in [5.74, 6) is -3.00. The van der Waals surface area contributed by atoms with Crippen molar-refractivity contribution in [1.82, 2.24) is 5.06 Å². The molecule has 0 bridgehead atoms. The average molecular weight is 289 g/mol. The molecule has 2 rings (SSSR count). The van der Waals surface area contributed by atoms with Crippen molar-refractivity contribution in [1.29, 1.82) is 0 Å². The summed E-state index contributed by atoms with van der Waals surface area (Å²) in [5, 5.41) is 1.26. The van der Waals surface area contributed by atoms with Crippen molar-refractivity contribution in [2.24, 2.45) is 0 Å². The zero-order valence-corrected chi connectivity index (χ0v) is 10.1. The topological polar surface area (TPSA) is 55.8 Å². The first-order valence-electron chi connectivity index (χ1n) is 5.72. The van der Waals surface area contributed by atoms with E-state index in [0.717, 1.165) is 24.6 Å². The molecule has 1 fully saturated rings. The van der Waals surface area contributed by atoms with E-state index < -0.39 is 23.7 Å². The number of esters is 1. The molecule has 1 aromatic carbocycles. The predicted molar refractivity (Wildman–Crippen MR) is 59.4 cm³/mol. The van der Waals surface area contributed by atoms with Gasteiger partial charge < -0.3 is 9.57 Å². The van der Waals surface area contributed by atoms with E-state index in [-0.39, 0.29) is 5.75 Å². The Morgan fingerprint density at radius 1 is 1.15 bits per heavy atom. The molecule has 0 aromatic heterocycles. The molecule has 0 amide bonds. The van der Waals surface area contributed by atoms with Gasteiger partial charge in [-0.2, -0.15) is 13.2 Å². The molecular weight excluding hydrogens is 279 g/mol. The maximum absolute atomic E-state index is 12.5. The van der Waals surface area contributed by atoms with Gasteiger partial charge in [0.25, 0.3) is 0 Å². The first-order chi connectivity index (χ1) is 9.36. The van der Waals surface area contributed by atoms with Crippen LogP contribution in [0, 0.1) is 0 Å². The summed E-state index contributed by atoms with van der Waals surface area (Å²) >= 11 is 0. The number of carbonyl (C=O) groups is 2. The minimum atomic E-state index is -4.55. The van der Waals surface area contributed by atoms with E-state index in [1.54, 1.807) is 0 Å². The van der Waals surface area contributed by atoms with Crippen LogP contribution < -0.4 is 4.74 Å². The normalized spacial score (nSPS) is 15.3. The van der Waals surface area contributed by atoms with E-state index >= 15 is 0 Å². The number of rotatable bonds is 2. The highest BCUT2D eigenvalue weighted by Gasteiger charge is 2.31. The van der Waals surface area contributed by atoms with Gasteiger partial charge in [-0.3, -0.25) is 0 Å². The predicted octanol–water partition coefficient (Wildman–Crippen LogP) is 1.77. The summed E-state index contributed by atoms with van der Waals surface area (Å²) in [7, 11) is 0. The van der Waals surface area contributed by atoms with Gasteiger partial charge in [0, 0.05) is 13.1 Å². The maximum Gasteiger partial charge on any atom is 0.436 e. The molecule has 5 nitrogen and oxygen atoms in total. The van der Waals surface area contributed by atoms with E-state index in [4.69, 9.17) is 0 Å². The van der Waals surface area contributed by atoms with E-state index in [1.807, 2.05) is 0 Å². The van der Waals surface area contributed by atoms with Crippen LogP contribution >= 0.6 is 0 Å². The summed E-state index contributed by atoms with van der Waals surface area (Å²) in [6.07, 6.45) is -3.71. The van der Waals surface area contributed by atoms with Gasteiger partial charge in [-0.1, -0.05) is 6.07 Å². The second-order valence-corrected chi connectivity index (χ2v) is 4.08. The second kappa shape index (κ2) is 5.49. The average Bonchev–Trinajstić information content (AvgIpc) is 2.32. The van der Waals surface area contributed by atoms with E-state index in [0.29, 0.717) is 19.2 Å². The fourth-order valence-electron chi connectivity index (χ4n) is 1.42. The van der Waals surface area contributed by atoms with Crippen LogP contribution in [-0.4, -0.2) is 30.1 Å². The summed E-state index contributed by atoms with van der Waals surface area (Å²) in [6.45, 7) is 1.03. The summed E-state index contributed by atoms with van der Waals surface area (Å²) in [4.78, 5) is 27.2. The number of carbonyl (C=O) groups excluding carboxylic acids is 2. The third-order valence-corrected chi connectivity index (χ3v) is 2.57. The summed E-state index contributed by atoms with van der Waals surface area (Å²) in [5.41, 5.74) is -0.973. The maximum atomic E-state index is 12.5. The Kier molecular flexibility index (Phi) is 3.93. The second-order valence-electron chi connectivity index (χ2n) is 4.08. The van der Waals surface area contributed by atoms with Gasteiger partial charge in [0.2, 0.25) is 0 Å². The van der Waals surface area contributed by atoms with E-state index in [2.05, 4.69) is 9.57 Å². The van der Waals surface area contributed by atoms with Crippen LogP contribution in [0.15, 0.2) is 24.3 Å². The molecule has 8 heteroatoms. The number of ether oxygens (including phenoxy) is 1. The Balaban J connectivity index is 1.98. The molecule has 1 aliphatic rings. The third kappa shape index (κ3) is 3.47. The van der Waals surface area contributed by atoms with Gasteiger partial charge in [0.1, 0.15) is 5.75 Å². The van der Waals surface area contributed by atoms with Crippen molar-refractivity contribution in [3.05, 3.63) is 29.8 Å². The van der Waals surface area contributed by atoms with Crippen molar-refractivity contribution in [2.45, 2.75) is 12.6 Å². The highest BCUT2D eigenvalue weighted by Crippen LogP contribution is 2.31. The number of nitrogens with zero attached hydrogens (tertiary/aromatic N) is 1. The zero-order valence-electron chi connectivity index (χ0n) is 10.1.